The van der Waals surface area contributed by atoms with Gasteiger partial charge in [-0.3, -0.25) is 0 Å². The second kappa shape index (κ2) is 4.01. The predicted octanol–water partition coefficient (Wildman–Crippen LogP) is 0.608. The first-order chi connectivity index (χ1) is 8.22. The summed E-state index contributed by atoms with van der Waals surface area (Å²) in [4.78, 5) is 16.6. The molecule has 5 nitrogen and oxygen atoms in total. The Morgan fingerprint density at radius 1 is 1.35 bits per heavy atom. The fraction of sp³-hybridized carbons (Fsp3) is 0.417. The van der Waals surface area contributed by atoms with E-state index in [2.05, 4.69) is 15.3 Å². The largest absolute Gasteiger partial charge is 0.323 e. The van der Waals surface area contributed by atoms with E-state index in [1.165, 1.54) is 12.8 Å². The van der Waals surface area contributed by atoms with Crippen LogP contribution in [0.5, 0.6) is 0 Å². The zero-order chi connectivity index (χ0) is 11.8. The number of benzene rings is 1. The van der Waals surface area contributed by atoms with Crippen molar-refractivity contribution in [2.45, 2.75) is 24.9 Å². The summed E-state index contributed by atoms with van der Waals surface area (Å²) < 4.78 is 0. The lowest BCUT2D eigenvalue weighted by atomic mass is 10.1. The van der Waals surface area contributed by atoms with Gasteiger partial charge in [0, 0.05) is 18.6 Å². The molecule has 1 saturated carbocycles. The van der Waals surface area contributed by atoms with Gasteiger partial charge in [0.1, 0.15) is 0 Å². The molecule has 0 bridgehead atoms. The van der Waals surface area contributed by atoms with Crippen molar-refractivity contribution in [1.82, 2.24) is 15.3 Å². The number of aromatic nitrogens is 2. The Bertz CT molecular complexity index is 581. The Labute approximate surface area is 98.4 Å². The van der Waals surface area contributed by atoms with Gasteiger partial charge >= 0.3 is 5.69 Å². The molecule has 1 fully saturated rings. The number of hydrogen-bond acceptors (Lipinski definition) is 3. The van der Waals surface area contributed by atoms with Crippen LogP contribution in [0.3, 0.4) is 0 Å². The molecule has 1 unspecified atom stereocenters. The summed E-state index contributed by atoms with van der Waals surface area (Å²) in [7, 11) is 0. The van der Waals surface area contributed by atoms with Crippen molar-refractivity contribution in [2.75, 3.05) is 6.54 Å². The highest BCUT2D eigenvalue weighted by Gasteiger charge is 2.21. The monoisotopic (exact) mass is 232 g/mol. The highest BCUT2D eigenvalue weighted by atomic mass is 16.1. The maximum absolute atomic E-state index is 11.1. The SMILES string of the molecule is NC(CNC1CC1)c1ccc2[nH]c(=O)[nH]c2c1. The summed E-state index contributed by atoms with van der Waals surface area (Å²) in [6, 6.07) is 6.42. The molecule has 5 N–H and O–H groups in total. The second-order valence-corrected chi connectivity index (χ2v) is 4.67. The second-order valence-electron chi connectivity index (χ2n) is 4.67. The van der Waals surface area contributed by atoms with Gasteiger partial charge in [0.15, 0.2) is 0 Å². The van der Waals surface area contributed by atoms with Crippen LogP contribution in [0.1, 0.15) is 24.4 Å². The number of nitrogens with two attached hydrogens (primary N) is 1. The quantitative estimate of drug-likeness (QED) is 0.623. The van der Waals surface area contributed by atoms with E-state index in [4.69, 9.17) is 5.73 Å². The van der Waals surface area contributed by atoms with Gasteiger partial charge < -0.3 is 21.0 Å². The van der Waals surface area contributed by atoms with Crippen molar-refractivity contribution in [2.24, 2.45) is 5.73 Å². The number of nitrogens with one attached hydrogen (secondary N) is 3. The topological polar surface area (TPSA) is 86.7 Å². The molecule has 0 radical (unpaired) electrons. The number of imidazole rings is 1. The lowest BCUT2D eigenvalue weighted by Gasteiger charge is -2.12. The Balaban J connectivity index is 1.80. The average molecular weight is 232 g/mol. The van der Waals surface area contributed by atoms with Crippen LogP contribution >= 0.6 is 0 Å². The average Bonchev–Trinajstić information content (AvgIpc) is 3.06. The van der Waals surface area contributed by atoms with Crippen LogP contribution < -0.4 is 16.7 Å². The molecule has 90 valence electrons. The molecule has 0 spiro atoms. The molecule has 2 aromatic rings. The van der Waals surface area contributed by atoms with Crippen LogP contribution in [0.25, 0.3) is 11.0 Å². The van der Waals surface area contributed by atoms with Gasteiger partial charge in [-0.1, -0.05) is 6.07 Å². The molecule has 3 rings (SSSR count). The minimum Gasteiger partial charge on any atom is -0.323 e. The Hall–Kier alpha value is -1.59. The molecule has 1 aromatic carbocycles. The van der Waals surface area contributed by atoms with Crippen LogP contribution in [0.2, 0.25) is 0 Å². The molecule has 1 aromatic heterocycles. The number of H-pyrrole nitrogens is 2. The number of rotatable bonds is 4. The van der Waals surface area contributed by atoms with Crippen LogP contribution in [0.4, 0.5) is 0 Å². The summed E-state index contributed by atoms with van der Waals surface area (Å²) in [6.45, 7) is 0.783. The minimum absolute atomic E-state index is 0.0293. The first-order valence-corrected chi connectivity index (χ1v) is 5.93. The number of hydrogen-bond donors (Lipinski definition) is 4. The first-order valence-electron chi connectivity index (χ1n) is 5.93. The molecule has 1 atom stereocenters. The molecular weight excluding hydrogens is 216 g/mol. The van der Waals surface area contributed by atoms with E-state index in [9.17, 15) is 4.79 Å². The summed E-state index contributed by atoms with van der Waals surface area (Å²) in [5, 5.41) is 3.40. The van der Waals surface area contributed by atoms with E-state index >= 15 is 0 Å². The van der Waals surface area contributed by atoms with Crippen molar-refractivity contribution in [3.05, 3.63) is 34.2 Å². The Morgan fingerprint density at radius 2 is 2.12 bits per heavy atom. The lowest BCUT2D eigenvalue weighted by molar-refractivity contribution is 0.595. The number of fused-ring (bicyclic) bond motifs is 1. The van der Waals surface area contributed by atoms with Crippen molar-refractivity contribution in [1.29, 1.82) is 0 Å². The van der Waals surface area contributed by atoms with Crippen LogP contribution in [0, 0.1) is 0 Å². The zero-order valence-electron chi connectivity index (χ0n) is 9.49. The smallest absolute Gasteiger partial charge is 0.323 e. The van der Waals surface area contributed by atoms with Gasteiger partial charge in [-0.15, -0.1) is 0 Å². The summed E-state index contributed by atoms with van der Waals surface area (Å²) in [5.74, 6) is 0. The highest BCUT2D eigenvalue weighted by molar-refractivity contribution is 5.75. The summed E-state index contributed by atoms with van der Waals surface area (Å²) in [5.41, 5.74) is 8.60. The van der Waals surface area contributed by atoms with E-state index in [0.717, 1.165) is 23.1 Å². The van der Waals surface area contributed by atoms with E-state index in [0.29, 0.717) is 6.04 Å². The van der Waals surface area contributed by atoms with E-state index in [-0.39, 0.29) is 11.7 Å². The Morgan fingerprint density at radius 3 is 2.88 bits per heavy atom. The lowest BCUT2D eigenvalue weighted by Crippen LogP contribution is -2.28. The standard InChI is InChI=1S/C12H16N4O/c13-9(6-14-8-2-3-8)7-1-4-10-11(5-7)16-12(17)15-10/h1,4-5,8-9,14H,2-3,6,13H2,(H2,15,16,17). The first kappa shape index (κ1) is 10.6. The third kappa shape index (κ3) is 2.25. The maximum Gasteiger partial charge on any atom is 0.323 e. The third-order valence-electron chi connectivity index (χ3n) is 3.17. The molecule has 1 aliphatic rings. The third-order valence-corrected chi connectivity index (χ3v) is 3.17. The fourth-order valence-electron chi connectivity index (χ4n) is 1.98. The highest BCUT2D eigenvalue weighted by Crippen LogP contribution is 2.20. The minimum atomic E-state index is -0.179. The van der Waals surface area contributed by atoms with Crippen molar-refractivity contribution in [3.8, 4) is 0 Å². The van der Waals surface area contributed by atoms with E-state index < -0.39 is 0 Å². The van der Waals surface area contributed by atoms with Crippen LogP contribution in [-0.2, 0) is 0 Å². The molecule has 0 amide bonds. The molecule has 1 heterocycles. The zero-order valence-corrected chi connectivity index (χ0v) is 9.49. The van der Waals surface area contributed by atoms with Gasteiger partial charge in [-0.25, -0.2) is 4.79 Å². The van der Waals surface area contributed by atoms with Gasteiger partial charge in [-0.2, -0.15) is 0 Å². The maximum atomic E-state index is 11.1. The van der Waals surface area contributed by atoms with E-state index in [1.807, 2.05) is 18.2 Å². The number of aromatic amines is 2. The van der Waals surface area contributed by atoms with Crippen LogP contribution in [0.15, 0.2) is 23.0 Å². The van der Waals surface area contributed by atoms with Crippen molar-refractivity contribution >= 4 is 11.0 Å². The van der Waals surface area contributed by atoms with Gasteiger partial charge in [-0.05, 0) is 30.5 Å². The van der Waals surface area contributed by atoms with Gasteiger partial charge in [0.2, 0.25) is 0 Å². The molecule has 0 aliphatic heterocycles. The predicted molar refractivity (Wildman–Crippen MR) is 66.9 cm³/mol. The Kier molecular flexibility index (Phi) is 2.49. The molecule has 17 heavy (non-hydrogen) atoms. The molecule has 0 saturated heterocycles. The summed E-state index contributed by atoms with van der Waals surface area (Å²) in [6.07, 6.45) is 2.52. The van der Waals surface area contributed by atoms with Crippen molar-refractivity contribution < 1.29 is 0 Å². The summed E-state index contributed by atoms with van der Waals surface area (Å²) >= 11 is 0. The normalized spacial score (nSPS) is 17.5. The van der Waals surface area contributed by atoms with Gasteiger partial charge in [0.25, 0.3) is 0 Å². The van der Waals surface area contributed by atoms with E-state index in [1.54, 1.807) is 0 Å². The van der Waals surface area contributed by atoms with Gasteiger partial charge in [0.05, 0.1) is 11.0 Å². The van der Waals surface area contributed by atoms with Crippen LogP contribution in [-0.4, -0.2) is 22.6 Å². The fourth-order valence-corrected chi connectivity index (χ4v) is 1.98. The molecule has 5 heteroatoms. The molecule has 1 aliphatic carbocycles. The molecular formula is C12H16N4O. The van der Waals surface area contributed by atoms with Crippen molar-refractivity contribution in [3.63, 3.8) is 0 Å².